The van der Waals surface area contributed by atoms with Gasteiger partial charge < -0.3 is 15.3 Å². The van der Waals surface area contributed by atoms with Crippen LogP contribution in [-0.2, 0) is 4.79 Å². The highest BCUT2D eigenvalue weighted by Gasteiger charge is 2.14. The maximum absolute atomic E-state index is 10.4. The van der Waals surface area contributed by atoms with Crippen LogP contribution in [0.3, 0.4) is 0 Å². The Bertz CT molecular complexity index is 385. The minimum absolute atomic E-state index is 0.0253. The van der Waals surface area contributed by atoms with Crippen LogP contribution in [-0.4, -0.2) is 33.5 Å². The number of carboxylic acids is 1. The van der Waals surface area contributed by atoms with Crippen molar-refractivity contribution >= 4 is 5.97 Å². The smallest absolute Gasteiger partial charge is 0.303 e. The third-order valence-corrected chi connectivity index (χ3v) is 3.73. The van der Waals surface area contributed by atoms with Crippen molar-refractivity contribution in [1.82, 2.24) is 0 Å². The molecule has 4 heteroatoms. The number of hydrogen-bond donors (Lipinski definition) is 3. The van der Waals surface area contributed by atoms with Crippen LogP contribution in [0.4, 0.5) is 0 Å². The lowest BCUT2D eigenvalue weighted by atomic mass is 10.0. The van der Waals surface area contributed by atoms with Crippen molar-refractivity contribution in [3.8, 4) is 0 Å². The van der Waals surface area contributed by atoms with Gasteiger partial charge in [-0.3, -0.25) is 4.79 Å². The third kappa shape index (κ3) is 15.5. The summed E-state index contributed by atoms with van der Waals surface area (Å²) >= 11 is 0. The SMILES string of the molecule is CCCCC/C=C\C/C=C\C/C=C\C[C@H](O)[C@@H](O)CCCC(=O)O. The molecule has 2 atom stereocenters. The number of carbonyl (C=O) groups is 1. The second kappa shape index (κ2) is 16.5. The zero-order valence-corrected chi connectivity index (χ0v) is 14.9. The zero-order chi connectivity index (χ0) is 18.0. The van der Waals surface area contributed by atoms with Gasteiger partial charge in [0.15, 0.2) is 0 Å². The summed E-state index contributed by atoms with van der Waals surface area (Å²) in [6.07, 6.45) is 18.6. The molecule has 0 aliphatic rings. The van der Waals surface area contributed by atoms with Gasteiger partial charge in [-0.05, 0) is 44.9 Å². The van der Waals surface area contributed by atoms with Gasteiger partial charge in [-0.1, -0.05) is 56.2 Å². The molecular weight excluding hydrogens is 304 g/mol. The summed E-state index contributed by atoms with van der Waals surface area (Å²) in [6, 6.07) is 0. The molecule has 0 aromatic heterocycles. The molecule has 0 amide bonds. The van der Waals surface area contributed by atoms with E-state index < -0.39 is 18.2 Å². The second-order valence-electron chi connectivity index (χ2n) is 6.04. The lowest BCUT2D eigenvalue weighted by molar-refractivity contribution is -0.137. The van der Waals surface area contributed by atoms with Gasteiger partial charge in [0.2, 0.25) is 0 Å². The Morgan fingerprint density at radius 3 is 2.12 bits per heavy atom. The summed E-state index contributed by atoms with van der Waals surface area (Å²) < 4.78 is 0. The highest BCUT2D eigenvalue weighted by molar-refractivity contribution is 5.66. The van der Waals surface area contributed by atoms with Crippen molar-refractivity contribution in [1.29, 1.82) is 0 Å². The summed E-state index contributed by atoms with van der Waals surface area (Å²) in [4.78, 5) is 10.4. The molecule has 3 N–H and O–H groups in total. The first-order valence-electron chi connectivity index (χ1n) is 9.10. The molecule has 24 heavy (non-hydrogen) atoms. The fourth-order valence-corrected chi connectivity index (χ4v) is 2.22. The van der Waals surface area contributed by atoms with E-state index in [1.165, 1.54) is 19.3 Å². The number of hydrogen-bond acceptors (Lipinski definition) is 3. The molecule has 0 saturated heterocycles. The van der Waals surface area contributed by atoms with Gasteiger partial charge in [0, 0.05) is 6.42 Å². The maximum Gasteiger partial charge on any atom is 0.303 e. The van der Waals surface area contributed by atoms with Gasteiger partial charge in [0.05, 0.1) is 12.2 Å². The topological polar surface area (TPSA) is 77.8 Å². The number of aliphatic hydroxyl groups excluding tert-OH is 2. The molecule has 0 rings (SSSR count). The van der Waals surface area contributed by atoms with Crippen LogP contribution in [0.5, 0.6) is 0 Å². The maximum atomic E-state index is 10.4. The number of unbranched alkanes of at least 4 members (excludes halogenated alkanes) is 3. The highest BCUT2D eigenvalue weighted by atomic mass is 16.4. The molecule has 138 valence electrons. The van der Waals surface area contributed by atoms with Crippen LogP contribution in [0, 0.1) is 0 Å². The molecule has 0 aliphatic heterocycles. The van der Waals surface area contributed by atoms with Crippen molar-refractivity contribution in [2.24, 2.45) is 0 Å². The zero-order valence-electron chi connectivity index (χ0n) is 14.9. The highest BCUT2D eigenvalue weighted by Crippen LogP contribution is 2.09. The normalized spacial score (nSPS) is 14.8. The molecule has 0 aromatic carbocycles. The quantitative estimate of drug-likeness (QED) is 0.306. The summed E-state index contributed by atoms with van der Waals surface area (Å²) in [7, 11) is 0. The lowest BCUT2D eigenvalue weighted by Crippen LogP contribution is -2.25. The lowest BCUT2D eigenvalue weighted by Gasteiger charge is -2.15. The molecule has 0 saturated carbocycles. The largest absolute Gasteiger partial charge is 0.481 e. The number of rotatable bonds is 15. The van der Waals surface area contributed by atoms with E-state index >= 15 is 0 Å². The molecular formula is C20H34O4. The Morgan fingerprint density at radius 1 is 0.875 bits per heavy atom. The van der Waals surface area contributed by atoms with E-state index in [9.17, 15) is 15.0 Å². The molecule has 0 radical (unpaired) electrons. The van der Waals surface area contributed by atoms with Gasteiger partial charge in [-0.25, -0.2) is 0 Å². The third-order valence-electron chi connectivity index (χ3n) is 3.73. The molecule has 0 bridgehead atoms. The number of allylic oxidation sites excluding steroid dienone is 5. The van der Waals surface area contributed by atoms with E-state index in [1.54, 1.807) is 0 Å². The molecule has 4 nitrogen and oxygen atoms in total. The van der Waals surface area contributed by atoms with E-state index in [2.05, 4.69) is 31.2 Å². The molecule has 0 aromatic rings. The Labute approximate surface area is 146 Å². The fraction of sp³-hybridized carbons (Fsp3) is 0.650. The summed E-state index contributed by atoms with van der Waals surface area (Å²) in [5, 5.41) is 28.0. The molecule has 0 unspecified atom stereocenters. The van der Waals surface area contributed by atoms with Gasteiger partial charge in [-0.2, -0.15) is 0 Å². The van der Waals surface area contributed by atoms with E-state index in [4.69, 9.17) is 5.11 Å². The van der Waals surface area contributed by atoms with E-state index in [0.29, 0.717) is 19.3 Å². The number of aliphatic carboxylic acids is 1. The van der Waals surface area contributed by atoms with Crippen LogP contribution in [0.15, 0.2) is 36.5 Å². The van der Waals surface area contributed by atoms with E-state index in [1.807, 2.05) is 12.2 Å². The van der Waals surface area contributed by atoms with Crippen molar-refractivity contribution in [3.63, 3.8) is 0 Å². The number of carboxylic acid groups (broad SMARTS) is 1. The van der Waals surface area contributed by atoms with Gasteiger partial charge >= 0.3 is 5.97 Å². The molecule has 0 fully saturated rings. The van der Waals surface area contributed by atoms with Crippen molar-refractivity contribution < 1.29 is 20.1 Å². The van der Waals surface area contributed by atoms with Gasteiger partial charge in [0.1, 0.15) is 0 Å². The van der Waals surface area contributed by atoms with Crippen LogP contribution in [0.1, 0.15) is 71.1 Å². The van der Waals surface area contributed by atoms with Crippen molar-refractivity contribution in [2.45, 2.75) is 83.3 Å². The first-order valence-corrected chi connectivity index (χ1v) is 9.10. The Kier molecular flexibility index (Phi) is 15.5. The standard InChI is InChI=1S/C20H34O4/c1-2-3-4-5-6-7-8-9-10-11-12-13-15-18(21)19(22)16-14-17-20(23)24/h6-7,9-10,12-13,18-19,21-22H,2-5,8,11,14-17H2,1H3,(H,23,24)/b7-6-,10-9-,13-12-/t18-,19-/m0/s1. The summed E-state index contributed by atoms with van der Waals surface area (Å²) in [5.74, 6) is -0.876. The first kappa shape index (κ1) is 22.6. The molecule has 0 aliphatic carbocycles. The molecule has 0 heterocycles. The Hall–Kier alpha value is -1.39. The minimum atomic E-state index is -0.876. The van der Waals surface area contributed by atoms with E-state index in [0.717, 1.165) is 19.3 Å². The number of aliphatic hydroxyl groups is 2. The van der Waals surface area contributed by atoms with Crippen LogP contribution >= 0.6 is 0 Å². The molecule has 0 spiro atoms. The average molecular weight is 338 g/mol. The van der Waals surface area contributed by atoms with Gasteiger partial charge in [0.25, 0.3) is 0 Å². The predicted molar refractivity (Wildman–Crippen MR) is 98.9 cm³/mol. The van der Waals surface area contributed by atoms with Crippen molar-refractivity contribution in [2.75, 3.05) is 0 Å². The summed E-state index contributed by atoms with van der Waals surface area (Å²) in [5.41, 5.74) is 0. The summed E-state index contributed by atoms with van der Waals surface area (Å²) in [6.45, 7) is 2.21. The average Bonchev–Trinajstić information content (AvgIpc) is 2.55. The Balaban J connectivity index is 3.65. The van der Waals surface area contributed by atoms with Crippen molar-refractivity contribution in [3.05, 3.63) is 36.5 Å². The predicted octanol–water partition coefficient (Wildman–Crippen LogP) is 4.38. The van der Waals surface area contributed by atoms with Crippen LogP contribution in [0.25, 0.3) is 0 Å². The van der Waals surface area contributed by atoms with E-state index in [-0.39, 0.29) is 6.42 Å². The van der Waals surface area contributed by atoms with Gasteiger partial charge in [-0.15, -0.1) is 0 Å². The van der Waals surface area contributed by atoms with Crippen LogP contribution in [0.2, 0.25) is 0 Å². The first-order chi connectivity index (χ1) is 11.6. The minimum Gasteiger partial charge on any atom is -0.481 e. The Morgan fingerprint density at radius 2 is 1.50 bits per heavy atom. The second-order valence-corrected chi connectivity index (χ2v) is 6.04. The monoisotopic (exact) mass is 338 g/mol. The fourth-order valence-electron chi connectivity index (χ4n) is 2.22. The van der Waals surface area contributed by atoms with Crippen LogP contribution < -0.4 is 0 Å².